The van der Waals surface area contributed by atoms with Crippen LogP contribution < -0.4 is 15.5 Å². The van der Waals surface area contributed by atoms with Gasteiger partial charge in [-0.2, -0.15) is 0 Å². The van der Waals surface area contributed by atoms with E-state index in [-0.39, 0.29) is 11.9 Å². The molecule has 0 aliphatic rings. The summed E-state index contributed by atoms with van der Waals surface area (Å²) in [6.45, 7) is 12.1. The van der Waals surface area contributed by atoms with Gasteiger partial charge in [0.25, 0.3) is 5.91 Å². The van der Waals surface area contributed by atoms with Gasteiger partial charge >= 0.3 is 0 Å². The van der Waals surface area contributed by atoms with Crippen LogP contribution in [0.15, 0.2) is 30.3 Å². The Morgan fingerprint density at radius 1 is 1.12 bits per heavy atom. The van der Waals surface area contributed by atoms with Gasteiger partial charge in [0.1, 0.15) is 0 Å². The van der Waals surface area contributed by atoms with E-state index in [1.807, 2.05) is 19.9 Å². The minimum atomic E-state index is -0.214. The lowest BCUT2D eigenvalue weighted by molar-refractivity contribution is 0.0937. The summed E-state index contributed by atoms with van der Waals surface area (Å²) < 4.78 is 0. The van der Waals surface area contributed by atoms with Crippen LogP contribution in [0.25, 0.3) is 0 Å². The number of aryl methyl sites for hydroxylation is 1. The Morgan fingerprint density at radius 3 is 2.36 bits per heavy atom. The van der Waals surface area contributed by atoms with Gasteiger partial charge in [-0.15, -0.1) is 10.2 Å². The van der Waals surface area contributed by atoms with Crippen molar-refractivity contribution < 1.29 is 4.79 Å². The lowest BCUT2D eigenvalue weighted by Crippen LogP contribution is -2.30. The van der Waals surface area contributed by atoms with Crippen molar-refractivity contribution >= 4 is 23.1 Å². The van der Waals surface area contributed by atoms with Crippen LogP contribution in [0.5, 0.6) is 0 Å². The second-order valence-corrected chi connectivity index (χ2v) is 6.23. The van der Waals surface area contributed by atoms with E-state index >= 15 is 0 Å². The van der Waals surface area contributed by atoms with Crippen molar-refractivity contribution in [2.24, 2.45) is 0 Å². The monoisotopic (exact) mass is 341 g/mol. The van der Waals surface area contributed by atoms with Gasteiger partial charge in [-0.3, -0.25) is 4.79 Å². The minimum absolute atomic E-state index is 0.0686. The van der Waals surface area contributed by atoms with Crippen molar-refractivity contribution in [3.63, 3.8) is 0 Å². The zero-order chi connectivity index (χ0) is 18.4. The molecule has 1 aromatic carbocycles. The number of rotatable bonds is 7. The molecule has 6 nitrogen and oxygen atoms in total. The first-order valence-corrected chi connectivity index (χ1v) is 8.71. The predicted molar refractivity (Wildman–Crippen MR) is 103 cm³/mol. The maximum atomic E-state index is 11.9. The van der Waals surface area contributed by atoms with Crippen molar-refractivity contribution in [1.82, 2.24) is 15.5 Å². The summed E-state index contributed by atoms with van der Waals surface area (Å²) >= 11 is 0. The number of nitrogens with one attached hydrogen (secondary N) is 2. The Balaban J connectivity index is 2.10. The fraction of sp³-hybridized carbons (Fsp3) is 0.421. The Labute approximate surface area is 149 Å². The van der Waals surface area contributed by atoms with Crippen LogP contribution in [0.2, 0.25) is 0 Å². The maximum absolute atomic E-state index is 11.9. The fourth-order valence-corrected chi connectivity index (χ4v) is 2.57. The van der Waals surface area contributed by atoms with E-state index in [9.17, 15) is 4.79 Å². The first-order chi connectivity index (χ1) is 11.9. The van der Waals surface area contributed by atoms with Crippen LogP contribution in [0.4, 0.5) is 17.2 Å². The standard InChI is InChI=1S/C19H27N5O/c1-6-24(7-2)15-8-9-16(14(5)12-15)21-18-11-10-17(22-23-18)19(25)20-13(3)4/h8-13H,6-7H2,1-5H3,(H,20,25)(H,21,23). The Kier molecular flexibility index (Phi) is 6.33. The van der Waals surface area contributed by atoms with Crippen LogP contribution >= 0.6 is 0 Å². The summed E-state index contributed by atoms with van der Waals surface area (Å²) in [5.41, 5.74) is 3.63. The van der Waals surface area contributed by atoms with Crippen molar-refractivity contribution in [3.8, 4) is 0 Å². The molecule has 0 radical (unpaired) electrons. The molecule has 0 saturated carbocycles. The van der Waals surface area contributed by atoms with E-state index in [1.165, 1.54) is 5.69 Å². The highest BCUT2D eigenvalue weighted by atomic mass is 16.2. The zero-order valence-electron chi connectivity index (χ0n) is 15.6. The normalized spacial score (nSPS) is 10.6. The molecule has 0 fully saturated rings. The average molecular weight is 341 g/mol. The van der Waals surface area contributed by atoms with Crippen molar-refractivity contribution in [3.05, 3.63) is 41.6 Å². The van der Waals surface area contributed by atoms with Gasteiger partial charge in [0, 0.05) is 30.5 Å². The number of amides is 1. The first-order valence-electron chi connectivity index (χ1n) is 8.71. The highest BCUT2D eigenvalue weighted by Crippen LogP contribution is 2.24. The fourth-order valence-electron chi connectivity index (χ4n) is 2.57. The van der Waals surface area contributed by atoms with E-state index in [1.54, 1.807) is 12.1 Å². The molecular formula is C19H27N5O. The van der Waals surface area contributed by atoms with Crippen molar-refractivity contribution in [1.29, 1.82) is 0 Å². The summed E-state index contributed by atoms with van der Waals surface area (Å²) in [4.78, 5) is 14.2. The molecule has 0 atom stereocenters. The van der Waals surface area contributed by atoms with Gasteiger partial charge in [0.2, 0.25) is 0 Å². The molecule has 6 heteroatoms. The molecular weight excluding hydrogens is 314 g/mol. The van der Waals surface area contributed by atoms with E-state index < -0.39 is 0 Å². The summed E-state index contributed by atoms with van der Waals surface area (Å²) in [6, 6.07) is 9.81. The third-order valence-electron chi connectivity index (χ3n) is 3.92. The van der Waals surface area contributed by atoms with Gasteiger partial charge < -0.3 is 15.5 Å². The Morgan fingerprint density at radius 2 is 1.84 bits per heavy atom. The predicted octanol–water partition coefficient (Wildman–Crippen LogP) is 3.51. The summed E-state index contributed by atoms with van der Waals surface area (Å²) in [5, 5.41) is 14.2. The molecule has 2 N–H and O–H groups in total. The second-order valence-electron chi connectivity index (χ2n) is 6.23. The third-order valence-corrected chi connectivity index (χ3v) is 3.92. The van der Waals surface area contributed by atoms with Crippen LogP contribution in [0.3, 0.4) is 0 Å². The highest BCUT2D eigenvalue weighted by Gasteiger charge is 2.10. The largest absolute Gasteiger partial charge is 0.372 e. The quantitative estimate of drug-likeness (QED) is 0.806. The molecule has 1 aromatic heterocycles. The summed E-state index contributed by atoms with van der Waals surface area (Å²) in [7, 11) is 0. The minimum Gasteiger partial charge on any atom is -0.372 e. The van der Waals surface area contributed by atoms with Crippen molar-refractivity contribution in [2.45, 2.75) is 40.7 Å². The number of carbonyl (C=O) groups is 1. The molecule has 1 heterocycles. The number of hydrogen-bond acceptors (Lipinski definition) is 5. The highest BCUT2D eigenvalue weighted by molar-refractivity contribution is 5.92. The number of anilines is 3. The molecule has 2 rings (SSSR count). The van der Waals surface area contributed by atoms with Crippen molar-refractivity contribution in [2.75, 3.05) is 23.3 Å². The van der Waals surface area contributed by atoms with Gasteiger partial charge in [-0.25, -0.2) is 0 Å². The smallest absolute Gasteiger partial charge is 0.271 e. The Hall–Kier alpha value is -2.63. The molecule has 0 aliphatic carbocycles. The van der Waals surface area contributed by atoms with Gasteiger partial charge in [0.15, 0.2) is 11.5 Å². The zero-order valence-corrected chi connectivity index (χ0v) is 15.6. The molecule has 1 amide bonds. The number of aromatic nitrogens is 2. The second kappa shape index (κ2) is 8.46. The number of carbonyl (C=O) groups excluding carboxylic acids is 1. The maximum Gasteiger partial charge on any atom is 0.271 e. The lowest BCUT2D eigenvalue weighted by atomic mass is 10.1. The van der Waals surface area contributed by atoms with E-state index in [0.717, 1.165) is 24.3 Å². The molecule has 0 bridgehead atoms. The van der Waals surface area contributed by atoms with Gasteiger partial charge in [-0.1, -0.05) is 0 Å². The first kappa shape index (κ1) is 18.7. The molecule has 0 aliphatic heterocycles. The molecule has 0 unspecified atom stereocenters. The molecule has 2 aromatic rings. The van der Waals surface area contributed by atoms with E-state index in [2.05, 4.69) is 58.6 Å². The Bertz CT molecular complexity index is 708. The molecule has 25 heavy (non-hydrogen) atoms. The van der Waals surface area contributed by atoms with Crippen LogP contribution in [0.1, 0.15) is 43.7 Å². The average Bonchev–Trinajstić information content (AvgIpc) is 2.58. The summed E-state index contributed by atoms with van der Waals surface area (Å²) in [5.74, 6) is 0.397. The van der Waals surface area contributed by atoms with Gasteiger partial charge in [0.05, 0.1) is 0 Å². The van der Waals surface area contributed by atoms with E-state index in [4.69, 9.17) is 0 Å². The number of hydrogen-bond donors (Lipinski definition) is 2. The van der Waals surface area contributed by atoms with Crippen LogP contribution in [0, 0.1) is 6.92 Å². The summed E-state index contributed by atoms with van der Waals surface area (Å²) in [6.07, 6.45) is 0. The van der Waals surface area contributed by atoms with E-state index in [0.29, 0.717) is 11.5 Å². The molecule has 0 spiro atoms. The van der Waals surface area contributed by atoms with Crippen LogP contribution in [-0.2, 0) is 0 Å². The lowest BCUT2D eigenvalue weighted by Gasteiger charge is -2.22. The molecule has 134 valence electrons. The number of nitrogens with zero attached hydrogens (tertiary/aromatic N) is 3. The van der Waals surface area contributed by atoms with Crippen LogP contribution in [-0.4, -0.2) is 35.2 Å². The molecule has 0 saturated heterocycles. The number of benzene rings is 1. The third kappa shape index (κ3) is 4.92. The van der Waals surface area contributed by atoms with Gasteiger partial charge in [-0.05, 0) is 70.5 Å². The topological polar surface area (TPSA) is 70.2 Å². The SMILES string of the molecule is CCN(CC)c1ccc(Nc2ccc(C(=O)NC(C)C)nn2)c(C)c1.